The summed E-state index contributed by atoms with van der Waals surface area (Å²) in [6.45, 7) is 0.633. The van der Waals surface area contributed by atoms with Crippen molar-refractivity contribution in [1.82, 2.24) is 15.5 Å². The molecule has 0 spiro atoms. The molecule has 88 valence electrons. The van der Waals surface area contributed by atoms with E-state index in [9.17, 15) is 4.79 Å². The number of nitrogens with one attached hydrogen (secondary N) is 2. The summed E-state index contributed by atoms with van der Waals surface area (Å²) in [5.74, 6) is 0.0516. The predicted octanol–water partition coefficient (Wildman–Crippen LogP) is 1.31. The number of amides is 1. The fraction of sp³-hybridized carbons (Fsp3) is 0.231. The highest BCUT2D eigenvalue weighted by Crippen LogP contribution is 1.99. The molecule has 4 heteroatoms. The van der Waals surface area contributed by atoms with Gasteiger partial charge in [-0.2, -0.15) is 5.10 Å². The number of benzene rings is 1. The third-order valence-electron chi connectivity index (χ3n) is 2.48. The van der Waals surface area contributed by atoms with Gasteiger partial charge in [0.05, 0.1) is 6.42 Å². The zero-order valence-corrected chi connectivity index (χ0v) is 9.52. The van der Waals surface area contributed by atoms with Gasteiger partial charge < -0.3 is 5.32 Å². The van der Waals surface area contributed by atoms with Crippen LogP contribution in [0.2, 0.25) is 0 Å². The number of nitrogens with zero attached hydrogens (tertiary/aromatic N) is 1. The molecule has 0 saturated heterocycles. The van der Waals surface area contributed by atoms with Crippen LogP contribution in [-0.4, -0.2) is 22.6 Å². The van der Waals surface area contributed by atoms with Crippen LogP contribution < -0.4 is 5.32 Å². The fourth-order valence-electron chi connectivity index (χ4n) is 1.60. The van der Waals surface area contributed by atoms with Gasteiger partial charge in [-0.05, 0) is 11.6 Å². The minimum Gasteiger partial charge on any atom is -0.355 e. The van der Waals surface area contributed by atoms with Gasteiger partial charge >= 0.3 is 0 Å². The van der Waals surface area contributed by atoms with E-state index >= 15 is 0 Å². The van der Waals surface area contributed by atoms with Crippen molar-refractivity contribution in [1.29, 1.82) is 0 Å². The molecule has 4 nitrogen and oxygen atoms in total. The molecular formula is C13H15N3O. The van der Waals surface area contributed by atoms with Crippen LogP contribution in [-0.2, 0) is 17.6 Å². The van der Waals surface area contributed by atoms with Gasteiger partial charge in [0.25, 0.3) is 0 Å². The van der Waals surface area contributed by atoms with Crippen molar-refractivity contribution in [3.63, 3.8) is 0 Å². The molecule has 1 aromatic carbocycles. The largest absolute Gasteiger partial charge is 0.355 e. The highest BCUT2D eigenvalue weighted by atomic mass is 16.1. The summed E-state index contributed by atoms with van der Waals surface area (Å²) >= 11 is 0. The minimum absolute atomic E-state index is 0.0516. The predicted molar refractivity (Wildman–Crippen MR) is 65.4 cm³/mol. The second kappa shape index (κ2) is 5.84. The highest BCUT2D eigenvalue weighted by Gasteiger charge is 2.02. The van der Waals surface area contributed by atoms with Crippen molar-refractivity contribution < 1.29 is 4.79 Å². The van der Waals surface area contributed by atoms with Gasteiger partial charge in [-0.25, -0.2) is 0 Å². The molecule has 0 aliphatic rings. The van der Waals surface area contributed by atoms with E-state index < -0.39 is 0 Å². The molecule has 0 fully saturated rings. The van der Waals surface area contributed by atoms with Crippen molar-refractivity contribution >= 4 is 5.91 Å². The second-order valence-corrected chi connectivity index (χ2v) is 3.84. The van der Waals surface area contributed by atoms with Crippen molar-refractivity contribution in [2.75, 3.05) is 6.54 Å². The maximum absolute atomic E-state index is 11.6. The number of carbonyl (C=O) groups is 1. The maximum atomic E-state index is 11.6. The monoisotopic (exact) mass is 229 g/mol. The normalized spacial score (nSPS) is 10.1. The minimum atomic E-state index is 0.0516. The molecule has 0 unspecified atom stereocenters. The average molecular weight is 229 g/mol. The summed E-state index contributed by atoms with van der Waals surface area (Å²) in [5.41, 5.74) is 2.07. The lowest BCUT2D eigenvalue weighted by Crippen LogP contribution is -2.27. The fourth-order valence-corrected chi connectivity index (χ4v) is 1.60. The summed E-state index contributed by atoms with van der Waals surface area (Å²) in [6.07, 6.45) is 2.92. The lowest BCUT2D eigenvalue weighted by Gasteiger charge is -2.04. The Bertz CT molecular complexity index is 451. The number of hydrogen-bond donors (Lipinski definition) is 2. The summed E-state index contributed by atoms with van der Waals surface area (Å²) in [7, 11) is 0. The number of aromatic amines is 1. The van der Waals surface area contributed by atoms with Crippen molar-refractivity contribution in [3.05, 3.63) is 53.9 Å². The topological polar surface area (TPSA) is 57.8 Å². The molecule has 17 heavy (non-hydrogen) atoms. The zero-order chi connectivity index (χ0) is 11.9. The zero-order valence-electron chi connectivity index (χ0n) is 9.52. The van der Waals surface area contributed by atoms with Crippen LogP contribution >= 0.6 is 0 Å². The lowest BCUT2D eigenvalue weighted by molar-refractivity contribution is -0.120. The van der Waals surface area contributed by atoms with Crippen molar-refractivity contribution in [2.24, 2.45) is 0 Å². The molecule has 0 bridgehead atoms. The molecule has 2 aromatic rings. The Hall–Kier alpha value is -2.10. The van der Waals surface area contributed by atoms with E-state index in [1.54, 1.807) is 6.20 Å². The van der Waals surface area contributed by atoms with Crippen molar-refractivity contribution in [2.45, 2.75) is 12.8 Å². The Morgan fingerprint density at radius 2 is 2.06 bits per heavy atom. The molecule has 2 N–H and O–H groups in total. The van der Waals surface area contributed by atoms with E-state index in [0.717, 1.165) is 17.7 Å². The smallest absolute Gasteiger partial charge is 0.224 e. The van der Waals surface area contributed by atoms with Crippen molar-refractivity contribution in [3.8, 4) is 0 Å². The van der Waals surface area contributed by atoms with E-state index in [1.807, 2.05) is 36.4 Å². The van der Waals surface area contributed by atoms with Gasteiger partial charge in [0.2, 0.25) is 5.91 Å². The summed E-state index contributed by atoms with van der Waals surface area (Å²) in [4.78, 5) is 11.6. The van der Waals surface area contributed by atoms with Crippen LogP contribution in [0.25, 0.3) is 0 Å². The number of rotatable bonds is 5. The number of hydrogen-bond acceptors (Lipinski definition) is 2. The summed E-state index contributed by atoms with van der Waals surface area (Å²) in [6, 6.07) is 11.6. The van der Waals surface area contributed by atoms with Gasteiger partial charge in [-0.1, -0.05) is 30.3 Å². The van der Waals surface area contributed by atoms with Crippen LogP contribution in [0.3, 0.4) is 0 Å². The lowest BCUT2D eigenvalue weighted by atomic mass is 10.1. The molecule has 0 saturated carbocycles. The first-order chi connectivity index (χ1) is 8.34. The van der Waals surface area contributed by atoms with E-state index in [0.29, 0.717) is 13.0 Å². The molecule has 0 aliphatic heterocycles. The third kappa shape index (κ3) is 3.75. The Balaban J connectivity index is 1.71. The third-order valence-corrected chi connectivity index (χ3v) is 2.48. The van der Waals surface area contributed by atoms with Gasteiger partial charge in [0, 0.05) is 24.9 Å². The number of aromatic nitrogens is 2. The first-order valence-electron chi connectivity index (χ1n) is 5.63. The molecule has 1 heterocycles. The Morgan fingerprint density at radius 1 is 1.24 bits per heavy atom. The Morgan fingerprint density at radius 3 is 2.76 bits per heavy atom. The Kier molecular flexibility index (Phi) is 3.91. The van der Waals surface area contributed by atoms with Crippen LogP contribution in [0.4, 0.5) is 0 Å². The van der Waals surface area contributed by atoms with E-state index in [1.165, 1.54) is 0 Å². The van der Waals surface area contributed by atoms with Crippen LogP contribution in [0.15, 0.2) is 42.6 Å². The van der Waals surface area contributed by atoms with E-state index in [4.69, 9.17) is 0 Å². The van der Waals surface area contributed by atoms with Crippen LogP contribution in [0, 0.1) is 0 Å². The molecule has 2 rings (SSSR count). The molecule has 0 radical (unpaired) electrons. The SMILES string of the molecule is O=C(Cc1ccccc1)NCCc1ccn[nH]1. The summed E-state index contributed by atoms with van der Waals surface area (Å²) < 4.78 is 0. The van der Waals surface area contributed by atoms with Gasteiger partial charge in [0.1, 0.15) is 0 Å². The van der Waals surface area contributed by atoms with Crippen LogP contribution in [0.1, 0.15) is 11.3 Å². The van der Waals surface area contributed by atoms with E-state index in [-0.39, 0.29) is 5.91 Å². The Labute approximate surface area is 100 Å². The quantitative estimate of drug-likeness (QED) is 0.812. The maximum Gasteiger partial charge on any atom is 0.224 e. The molecule has 1 amide bonds. The van der Waals surface area contributed by atoms with Gasteiger partial charge in [-0.15, -0.1) is 0 Å². The standard InChI is InChI=1S/C13H15N3O/c17-13(10-11-4-2-1-3-5-11)14-8-6-12-7-9-15-16-12/h1-5,7,9H,6,8,10H2,(H,14,17)(H,15,16). The van der Waals surface area contributed by atoms with Gasteiger partial charge in [-0.3, -0.25) is 9.89 Å². The average Bonchev–Trinajstić information content (AvgIpc) is 2.83. The number of H-pyrrole nitrogens is 1. The molecular weight excluding hydrogens is 214 g/mol. The molecule has 0 atom stereocenters. The summed E-state index contributed by atoms with van der Waals surface area (Å²) in [5, 5.41) is 9.59. The second-order valence-electron chi connectivity index (χ2n) is 3.84. The number of carbonyl (C=O) groups excluding carboxylic acids is 1. The first-order valence-corrected chi connectivity index (χ1v) is 5.63. The van der Waals surface area contributed by atoms with Crippen LogP contribution in [0.5, 0.6) is 0 Å². The molecule has 0 aliphatic carbocycles. The molecule has 1 aromatic heterocycles. The highest BCUT2D eigenvalue weighted by molar-refractivity contribution is 5.78. The van der Waals surface area contributed by atoms with Gasteiger partial charge in [0.15, 0.2) is 0 Å². The first kappa shape index (κ1) is 11.4. The van der Waals surface area contributed by atoms with E-state index in [2.05, 4.69) is 15.5 Å².